The molecule has 5 nitrogen and oxygen atoms in total. The first-order chi connectivity index (χ1) is 8.90. The number of amides is 1. The first kappa shape index (κ1) is 13.8. The third-order valence-corrected chi connectivity index (χ3v) is 2.89. The van der Waals surface area contributed by atoms with Gasteiger partial charge in [-0.05, 0) is 38.6 Å². The van der Waals surface area contributed by atoms with Gasteiger partial charge < -0.3 is 20.1 Å². The smallest absolute Gasteiger partial charge is 0.265 e. The maximum Gasteiger partial charge on any atom is 0.265 e. The van der Waals surface area contributed by atoms with E-state index in [-0.39, 0.29) is 19.1 Å². The maximum atomic E-state index is 12.0. The molecule has 0 radical (unpaired) electrons. The molecule has 0 aromatic heterocycles. The van der Waals surface area contributed by atoms with Gasteiger partial charge in [0.25, 0.3) is 5.91 Å². The number of β-amino-alcohol motifs (C(OH)–C–C–N with tert-alkyl or cyclic N) is 1. The van der Waals surface area contributed by atoms with Crippen molar-refractivity contribution in [3.8, 4) is 5.75 Å². The minimum Gasteiger partial charge on any atom is -0.482 e. The van der Waals surface area contributed by atoms with E-state index < -0.39 is 5.60 Å². The molecular weight excluding hydrogens is 244 g/mol. The fraction of sp³-hybridized carbons (Fsp3) is 0.500. The Labute approximate surface area is 113 Å². The third kappa shape index (κ3) is 3.24. The predicted octanol–water partition coefficient (Wildman–Crippen LogP) is 0.902. The number of carbonyl (C=O) groups excluding carboxylic acids is 1. The topological polar surface area (TPSA) is 61.8 Å². The average molecular weight is 264 g/mol. The molecule has 0 atom stereocenters. The van der Waals surface area contributed by atoms with E-state index in [1.54, 1.807) is 18.7 Å². The monoisotopic (exact) mass is 264 g/mol. The molecule has 2 N–H and O–H groups in total. The first-order valence-corrected chi connectivity index (χ1v) is 6.34. The summed E-state index contributed by atoms with van der Waals surface area (Å²) < 4.78 is 5.42. The summed E-state index contributed by atoms with van der Waals surface area (Å²) in [6.07, 6.45) is 0. The normalized spacial score (nSPS) is 15.2. The zero-order chi connectivity index (χ0) is 14.0. The van der Waals surface area contributed by atoms with E-state index in [0.29, 0.717) is 5.75 Å². The van der Waals surface area contributed by atoms with Gasteiger partial charge in [-0.2, -0.15) is 0 Å². The van der Waals surface area contributed by atoms with E-state index in [2.05, 4.69) is 5.32 Å². The highest BCUT2D eigenvalue weighted by Crippen LogP contribution is 2.33. The van der Waals surface area contributed by atoms with Gasteiger partial charge >= 0.3 is 0 Å². The molecule has 1 heterocycles. The van der Waals surface area contributed by atoms with Crippen molar-refractivity contribution in [2.75, 3.05) is 25.1 Å². The molecule has 2 rings (SSSR count). The number of nitrogens with one attached hydrogen (secondary N) is 1. The summed E-state index contributed by atoms with van der Waals surface area (Å²) in [6, 6.07) is 5.76. The number of aliphatic hydroxyl groups is 1. The second kappa shape index (κ2) is 5.19. The molecule has 5 heteroatoms. The fourth-order valence-electron chi connectivity index (χ4n) is 2.12. The van der Waals surface area contributed by atoms with Crippen LogP contribution in [0.3, 0.4) is 0 Å². The van der Waals surface area contributed by atoms with Crippen LogP contribution in [0.1, 0.15) is 19.4 Å². The van der Waals surface area contributed by atoms with Crippen molar-refractivity contribution in [1.29, 1.82) is 0 Å². The molecule has 0 spiro atoms. The van der Waals surface area contributed by atoms with E-state index in [9.17, 15) is 9.90 Å². The van der Waals surface area contributed by atoms with Crippen molar-refractivity contribution < 1.29 is 14.6 Å². The van der Waals surface area contributed by atoms with E-state index in [1.165, 1.54) is 0 Å². The van der Waals surface area contributed by atoms with Crippen molar-refractivity contribution in [2.24, 2.45) is 0 Å². The Hall–Kier alpha value is -1.59. The highest BCUT2D eigenvalue weighted by Gasteiger charge is 2.30. The number of anilines is 1. The Kier molecular flexibility index (Phi) is 3.78. The number of nitrogens with zero attached hydrogens (tertiary/aromatic N) is 1. The van der Waals surface area contributed by atoms with Crippen molar-refractivity contribution in [2.45, 2.75) is 26.0 Å². The molecule has 1 aliphatic heterocycles. The van der Waals surface area contributed by atoms with Crippen molar-refractivity contribution in [3.63, 3.8) is 0 Å². The van der Waals surface area contributed by atoms with Gasteiger partial charge in [0, 0.05) is 6.54 Å². The summed E-state index contributed by atoms with van der Waals surface area (Å²) in [7, 11) is 1.87. The van der Waals surface area contributed by atoms with Gasteiger partial charge in [0.15, 0.2) is 6.61 Å². The number of rotatable bonds is 4. The van der Waals surface area contributed by atoms with Crippen LogP contribution in [0, 0.1) is 0 Å². The van der Waals surface area contributed by atoms with Crippen LogP contribution in [-0.2, 0) is 11.3 Å². The molecule has 0 aliphatic carbocycles. The summed E-state index contributed by atoms with van der Waals surface area (Å²) in [5.41, 5.74) is 0.856. The Bertz CT molecular complexity index is 480. The fourth-order valence-corrected chi connectivity index (χ4v) is 2.12. The summed E-state index contributed by atoms with van der Waals surface area (Å²) in [5, 5.41) is 13.0. The standard InChI is InChI=1S/C14H20N2O3/c1-14(2,18)9-16-11-6-10(7-15-3)4-5-12(11)19-8-13(16)17/h4-6,15,18H,7-9H2,1-3H3. The number of fused-ring (bicyclic) bond motifs is 1. The second-order valence-electron chi connectivity index (χ2n) is 5.41. The van der Waals surface area contributed by atoms with Gasteiger partial charge in [-0.25, -0.2) is 0 Å². The summed E-state index contributed by atoms with van der Waals surface area (Å²) in [5.74, 6) is 0.555. The van der Waals surface area contributed by atoms with E-state index in [0.717, 1.165) is 17.8 Å². The Balaban J connectivity index is 2.35. The van der Waals surface area contributed by atoms with Gasteiger partial charge in [-0.3, -0.25) is 4.79 Å². The van der Waals surface area contributed by atoms with Gasteiger partial charge in [0.05, 0.1) is 17.8 Å². The molecule has 1 aromatic carbocycles. The summed E-state index contributed by atoms with van der Waals surface area (Å²) in [4.78, 5) is 13.6. The van der Waals surface area contributed by atoms with Gasteiger partial charge in [-0.1, -0.05) is 6.07 Å². The molecule has 1 aromatic rings. The molecule has 1 amide bonds. The van der Waals surface area contributed by atoms with Crippen LogP contribution in [0.2, 0.25) is 0 Å². The highest BCUT2D eigenvalue weighted by molar-refractivity contribution is 5.98. The number of hydrogen-bond donors (Lipinski definition) is 2. The number of ether oxygens (including phenoxy) is 1. The quantitative estimate of drug-likeness (QED) is 0.848. The lowest BCUT2D eigenvalue weighted by Crippen LogP contribution is -2.46. The van der Waals surface area contributed by atoms with Crippen molar-refractivity contribution in [3.05, 3.63) is 23.8 Å². The minimum atomic E-state index is -0.941. The third-order valence-electron chi connectivity index (χ3n) is 2.89. The van der Waals surface area contributed by atoms with E-state index >= 15 is 0 Å². The van der Waals surface area contributed by atoms with Gasteiger partial charge in [-0.15, -0.1) is 0 Å². The van der Waals surface area contributed by atoms with Crippen LogP contribution in [0.15, 0.2) is 18.2 Å². The molecule has 0 unspecified atom stereocenters. The minimum absolute atomic E-state index is 0.0223. The maximum absolute atomic E-state index is 12.0. The Morgan fingerprint density at radius 3 is 2.84 bits per heavy atom. The Morgan fingerprint density at radius 1 is 1.47 bits per heavy atom. The van der Waals surface area contributed by atoms with Gasteiger partial charge in [0.1, 0.15) is 5.75 Å². The van der Waals surface area contributed by atoms with Crippen LogP contribution in [0.5, 0.6) is 5.75 Å². The highest BCUT2D eigenvalue weighted by atomic mass is 16.5. The lowest BCUT2D eigenvalue weighted by molar-refractivity contribution is -0.122. The molecule has 1 aliphatic rings. The zero-order valence-electron chi connectivity index (χ0n) is 11.6. The van der Waals surface area contributed by atoms with Gasteiger partial charge in [0.2, 0.25) is 0 Å². The average Bonchev–Trinajstić information content (AvgIpc) is 2.32. The lowest BCUT2D eigenvalue weighted by Gasteiger charge is -2.33. The molecule has 19 heavy (non-hydrogen) atoms. The number of carbonyl (C=O) groups is 1. The van der Waals surface area contributed by atoms with Crippen LogP contribution in [-0.4, -0.2) is 36.8 Å². The number of benzene rings is 1. The van der Waals surface area contributed by atoms with Crippen molar-refractivity contribution in [1.82, 2.24) is 5.32 Å². The SMILES string of the molecule is CNCc1ccc2c(c1)N(CC(C)(C)O)C(=O)CO2. The number of hydrogen-bond acceptors (Lipinski definition) is 4. The molecule has 0 saturated heterocycles. The first-order valence-electron chi connectivity index (χ1n) is 6.34. The molecule has 0 bridgehead atoms. The van der Waals surface area contributed by atoms with E-state index in [1.807, 2.05) is 25.2 Å². The zero-order valence-corrected chi connectivity index (χ0v) is 11.6. The molecule has 0 fully saturated rings. The van der Waals surface area contributed by atoms with Crippen LogP contribution in [0.25, 0.3) is 0 Å². The Morgan fingerprint density at radius 2 is 2.21 bits per heavy atom. The molecular formula is C14H20N2O3. The van der Waals surface area contributed by atoms with Crippen molar-refractivity contribution >= 4 is 11.6 Å². The van der Waals surface area contributed by atoms with Crippen LogP contribution < -0.4 is 15.0 Å². The molecule has 0 saturated carbocycles. The molecule has 104 valence electrons. The largest absolute Gasteiger partial charge is 0.482 e. The second-order valence-corrected chi connectivity index (χ2v) is 5.41. The predicted molar refractivity (Wildman–Crippen MR) is 73.4 cm³/mol. The van der Waals surface area contributed by atoms with Crippen LogP contribution >= 0.6 is 0 Å². The summed E-state index contributed by atoms with van der Waals surface area (Å²) >= 11 is 0. The lowest BCUT2D eigenvalue weighted by atomic mass is 10.1. The summed E-state index contributed by atoms with van der Waals surface area (Å²) in [6.45, 7) is 4.37. The van der Waals surface area contributed by atoms with E-state index in [4.69, 9.17) is 4.74 Å². The van der Waals surface area contributed by atoms with Crippen LogP contribution in [0.4, 0.5) is 5.69 Å².